The summed E-state index contributed by atoms with van der Waals surface area (Å²) >= 11 is 7.73. The average Bonchev–Trinajstić information content (AvgIpc) is 2.80. The lowest BCUT2D eigenvalue weighted by atomic mass is 10.0. The van der Waals surface area contributed by atoms with E-state index in [0.29, 0.717) is 0 Å². The Bertz CT molecular complexity index is 538. The van der Waals surface area contributed by atoms with E-state index in [1.807, 2.05) is 11.3 Å². The highest BCUT2D eigenvalue weighted by molar-refractivity contribution is 14.1. The minimum Gasteiger partial charge on any atom is -0.324 e. The summed E-state index contributed by atoms with van der Waals surface area (Å²) < 4.78 is 2.32. The molecule has 2 N–H and O–H groups in total. The molecular weight excluding hydrogens is 421 g/mol. The van der Waals surface area contributed by atoms with Crippen molar-refractivity contribution in [1.29, 1.82) is 0 Å². The second kappa shape index (κ2) is 6.50. The van der Waals surface area contributed by atoms with Crippen LogP contribution in [0.4, 0.5) is 0 Å². The molecule has 0 saturated carbocycles. The van der Waals surface area contributed by atoms with E-state index in [0.717, 1.165) is 17.3 Å². The first kappa shape index (κ1) is 14.5. The Morgan fingerprint density at radius 2 is 2.00 bits per heavy atom. The second-order valence-corrected chi connectivity index (χ2v) is 7.53. The van der Waals surface area contributed by atoms with Crippen LogP contribution in [0, 0.1) is 3.57 Å². The van der Waals surface area contributed by atoms with E-state index in [4.69, 9.17) is 5.73 Å². The molecule has 1 unspecified atom stereocenters. The van der Waals surface area contributed by atoms with Crippen LogP contribution in [0.1, 0.15) is 28.3 Å². The van der Waals surface area contributed by atoms with Crippen LogP contribution in [0.2, 0.25) is 0 Å². The van der Waals surface area contributed by atoms with Crippen molar-refractivity contribution in [1.82, 2.24) is 0 Å². The average molecular weight is 436 g/mol. The molecule has 0 aliphatic rings. The SMILES string of the molecule is CCc1ccc(CC(N)c2cc(Br)ccc2I)s1. The number of hydrogen-bond donors (Lipinski definition) is 1. The molecule has 1 atom stereocenters. The Labute approximate surface area is 134 Å². The summed E-state index contributed by atoms with van der Waals surface area (Å²) in [6.45, 7) is 2.19. The number of thiophene rings is 1. The fourth-order valence-electron chi connectivity index (χ4n) is 1.85. The highest BCUT2D eigenvalue weighted by atomic mass is 127. The summed E-state index contributed by atoms with van der Waals surface area (Å²) in [7, 11) is 0. The number of aryl methyl sites for hydroxylation is 1. The smallest absolute Gasteiger partial charge is 0.0354 e. The monoisotopic (exact) mass is 435 g/mol. The van der Waals surface area contributed by atoms with Crippen LogP contribution in [0.5, 0.6) is 0 Å². The van der Waals surface area contributed by atoms with E-state index < -0.39 is 0 Å². The lowest BCUT2D eigenvalue weighted by molar-refractivity contribution is 0.725. The predicted molar refractivity (Wildman–Crippen MR) is 91.2 cm³/mol. The molecule has 0 saturated heterocycles. The number of nitrogens with two attached hydrogens (primary N) is 1. The van der Waals surface area contributed by atoms with E-state index >= 15 is 0 Å². The summed E-state index contributed by atoms with van der Waals surface area (Å²) in [5.74, 6) is 0. The third kappa shape index (κ3) is 3.56. The van der Waals surface area contributed by atoms with E-state index in [-0.39, 0.29) is 6.04 Å². The van der Waals surface area contributed by atoms with E-state index in [2.05, 4.69) is 75.8 Å². The van der Waals surface area contributed by atoms with Crippen molar-refractivity contribution in [3.8, 4) is 0 Å². The molecule has 96 valence electrons. The second-order valence-electron chi connectivity index (χ2n) is 4.20. The van der Waals surface area contributed by atoms with Gasteiger partial charge in [0.1, 0.15) is 0 Å². The van der Waals surface area contributed by atoms with Gasteiger partial charge in [0.05, 0.1) is 0 Å². The van der Waals surface area contributed by atoms with Gasteiger partial charge in [-0.25, -0.2) is 0 Å². The Morgan fingerprint density at radius 3 is 2.67 bits per heavy atom. The highest BCUT2D eigenvalue weighted by Crippen LogP contribution is 2.27. The lowest BCUT2D eigenvalue weighted by Gasteiger charge is -2.13. The molecule has 2 aromatic rings. The number of benzene rings is 1. The molecule has 0 aliphatic carbocycles. The molecule has 1 heterocycles. The van der Waals surface area contributed by atoms with Gasteiger partial charge in [-0.3, -0.25) is 0 Å². The van der Waals surface area contributed by atoms with Crippen molar-refractivity contribution >= 4 is 49.9 Å². The van der Waals surface area contributed by atoms with Crippen LogP contribution >= 0.6 is 49.9 Å². The van der Waals surface area contributed by atoms with Gasteiger partial charge in [-0.1, -0.05) is 22.9 Å². The predicted octanol–water partition coefficient (Wildman–Crippen LogP) is 4.92. The molecule has 0 bridgehead atoms. The molecule has 18 heavy (non-hydrogen) atoms. The molecule has 0 amide bonds. The number of halogens is 2. The summed E-state index contributed by atoms with van der Waals surface area (Å²) in [6, 6.07) is 10.8. The van der Waals surface area contributed by atoms with Gasteiger partial charge in [-0.05, 0) is 64.9 Å². The van der Waals surface area contributed by atoms with Crippen molar-refractivity contribution in [3.63, 3.8) is 0 Å². The van der Waals surface area contributed by atoms with Gasteiger partial charge in [0.15, 0.2) is 0 Å². The minimum atomic E-state index is 0.0674. The highest BCUT2D eigenvalue weighted by Gasteiger charge is 2.12. The first-order valence-electron chi connectivity index (χ1n) is 5.88. The van der Waals surface area contributed by atoms with Gasteiger partial charge in [0, 0.05) is 30.3 Å². The third-order valence-electron chi connectivity index (χ3n) is 2.84. The van der Waals surface area contributed by atoms with E-state index in [1.165, 1.54) is 18.9 Å². The van der Waals surface area contributed by atoms with Crippen molar-refractivity contribution in [2.24, 2.45) is 5.73 Å². The molecule has 0 radical (unpaired) electrons. The fourth-order valence-corrected chi connectivity index (χ4v) is 3.98. The van der Waals surface area contributed by atoms with Crippen LogP contribution in [-0.4, -0.2) is 0 Å². The van der Waals surface area contributed by atoms with Gasteiger partial charge in [-0.15, -0.1) is 11.3 Å². The molecule has 1 aromatic carbocycles. The number of hydrogen-bond acceptors (Lipinski definition) is 2. The van der Waals surface area contributed by atoms with Crippen LogP contribution < -0.4 is 5.73 Å². The molecule has 0 fully saturated rings. The molecule has 0 spiro atoms. The normalized spacial score (nSPS) is 12.7. The summed E-state index contributed by atoms with van der Waals surface area (Å²) in [5, 5.41) is 0. The first-order chi connectivity index (χ1) is 8.60. The Morgan fingerprint density at radius 1 is 1.28 bits per heavy atom. The van der Waals surface area contributed by atoms with Gasteiger partial charge >= 0.3 is 0 Å². The molecule has 4 heteroatoms. The van der Waals surface area contributed by atoms with Crippen molar-refractivity contribution in [3.05, 3.63) is 53.7 Å². The molecular formula is C14H15BrINS. The van der Waals surface area contributed by atoms with Gasteiger partial charge in [0.2, 0.25) is 0 Å². The maximum absolute atomic E-state index is 6.33. The van der Waals surface area contributed by atoms with Gasteiger partial charge in [0.25, 0.3) is 0 Å². The Balaban J connectivity index is 2.16. The van der Waals surface area contributed by atoms with Gasteiger partial charge in [-0.2, -0.15) is 0 Å². The maximum Gasteiger partial charge on any atom is 0.0354 e. The van der Waals surface area contributed by atoms with Gasteiger partial charge < -0.3 is 5.73 Å². The zero-order valence-electron chi connectivity index (χ0n) is 10.1. The van der Waals surface area contributed by atoms with E-state index in [1.54, 1.807) is 0 Å². The van der Waals surface area contributed by atoms with E-state index in [9.17, 15) is 0 Å². The topological polar surface area (TPSA) is 26.0 Å². The molecule has 1 aromatic heterocycles. The Hall–Kier alpha value is 0.0900. The summed E-state index contributed by atoms with van der Waals surface area (Å²) in [5.41, 5.74) is 7.55. The quantitative estimate of drug-likeness (QED) is 0.677. The zero-order chi connectivity index (χ0) is 13.1. The maximum atomic E-state index is 6.33. The van der Waals surface area contributed by atoms with Crippen LogP contribution in [0.15, 0.2) is 34.8 Å². The summed E-state index contributed by atoms with van der Waals surface area (Å²) in [6.07, 6.45) is 2.02. The number of rotatable bonds is 4. The standard InChI is InChI=1S/C14H15BrINS/c1-2-10-4-5-11(18-10)8-14(17)12-7-9(15)3-6-13(12)16/h3-7,14H,2,8,17H2,1H3. The minimum absolute atomic E-state index is 0.0674. The van der Waals surface area contributed by atoms with Crippen LogP contribution in [0.25, 0.3) is 0 Å². The van der Waals surface area contributed by atoms with Crippen molar-refractivity contribution < 1.29 is 0 Å². The fraction of sp³-hybridized carbons (Fsp3) is 0.286. The lowest BCUT2D eigenvalue weighted by Crippen LogP contribution is -2.14. The summed E-state index contributed by atoms with van der Waals surface area (Å²) in [4.78, 5) is 2.80. The van der Waals surface area contributed by atoms with Crippen LogP contribution in [-0.2, 0) is 12.8 Å². The van der Waals surface area contributed by atoms with Crippen molar-refractivity contribution in [2.75, 3.05) is 0 Å². The third-order valence-corrected chi connectivity index (χ3v) is 5.57. The molecule has 0 aliphatic heterocycles. The molecule has 2 rings (SSSR count). The first-order valence-corrected chi connectivity index (χ1v) is 8.57. The Kier molecular flexibility index (Phi) is 5.24. The molecule has 1 nitrogen and oxygen atoms in total. The largest absolute Gasteiger partial charge is 0.324 e. The van der Waals surface area contributed by atoms with Crippen LogP contribution in [0.3, 0.4) is 0 Å². The zero-order valence-corrected chi connectivity index (χ0v) is 14.7. The van der Waals surface area contributed by atoms with Crippen molar-refractivity contribution in [2.45, 2.75) is 25.8 Å².